The van der Waals surface area contributed by atoms with Crippen molar-refractivity contribution in [3.8, 4) is 0 Å². The van der Waals surface area contributed by atoms with Crippen LogP contribution in [0.1, 0.15) is 44.9 Å². The second kappa shape index (κ2) is 16.3. The zero-order valence-electron chi connectivity index (χ0n) is 18.6. The molecule has 0 aliphatic heterocycles. The molecule has 194 valence electrons. The van der Waals surface area contributed by atoms with E-state index < -0.39 is 79.2 Å². The highest BCUT2D eigenvalue weighted by molar-refractivity contribution is 5.94. The van der Waals surface area contributed by atoms with Crippen molar-refractivity contribution < 1.29 is 49.2 Å². The molecule has 34 heavy (non-hydrogen) atoms. The Bertz CT molecular complexity index is 732. The monoisotopic (exact) mass is 491 g/mol. The second-order valence-corrected chi connectivity index (χ2v) is 7.46. The number of amides is 3. The smallest absolute Gasteiger partial charge is 0.328 e. The molecule has 0 fully saturated rings. The predicted molar refractivity (Wildman–Crippen MR) is 115 cm³/mol. The van der Waals surface area contributed by atoms with Gasteiger partial charge in [-0.2, -0.15) is 0 Å². The van der Waals surface area contributed by atoms with Crippen molar-refractivity contribution in [1.82, 2.24) is 16.0 Å². The van der Waals surface area contributed by atoms with Crippen LogP contribution in [0.25, 0.3) is 0 Å². The van der Waals surface area contributed by atoms with Crippen LogP contribution in [0.3, 0.4) is 0 Å². The highest BCUT2D eigenvalue weighted by Crippen LogP contribution is 2.06. The number of carbonyl (C=O) groups is 6. The Morgan fingerprint density at radius 1 is 0.676 bits per heavy atom. The Morgan fingerprint density at radius 3 is 1.62 bits per heavy atom. The first-order chi connectivity index (χ1) is 15.9. The van der Waals surface area contributed by atoms with Gasteiger partial charge in [-0.25, -0.2) is 4.79 Å². The molecule has 0 heterocycles. The van der Waals surface area contributed by atoms with Gasteiger partial charge in [-0.1, -0.05) is 0 Å². The van der Waals surface area contributed by atoms with Gasteiger partial charge in [-0.05, 0) is 38.6 Å². The molecular formula is C19H33N5O10. The van der Waals surface area contributed by atoms with Crippen LogP contribution in [-0.2, 0) is 28.8 Å². The standard InChI is InChI=1S/C19H33N5O10/c20-8-2-1-3-11(17(31)24-13(9-25)19(33)34)23-18(32)12(5-7-15(28)29)22-16(30)10(21)4-6-14(26)27/h10-13,25H,1-9,20-21H2,(H,22,30)(H,23,32)(H,24,31)(H,26,27)(H,28,29)(H,33,34). The summed E-state index contributed by atoms with van der Waals surface area (Å²) in [7, 11) is 0. The van der Waals surface area contributed by atoms with Crippen LogP contribution in [0.4, 0.5) is 0 Å². The van der Waals surface area contributed by atoms with Gasteiger partial charge in [-0.3, -0.25) is 24.0 Å². The Balaban J connectivity index is 5.46. The van der Waals surface area contributed by atoms with Gasteiger partial charge >= 0.3 is 17.9 Å². The number of carbonyl (C=O) groups excluding carboxylic acids is 3. The number of carboxylic acid groups (broad SMARTS) is 3. The van der Waals surface area contributed by atoms with Crippen LogP contribution in [0.5, 0.6) is 0 Å². The van der Waals surface area contributed by atoms with Crippen LogP contribution < -0.4 is 27.4 Å². The molecule has 0 aromatic rings. The number of aliphatic hydroxyl groups excluding tert-OH is 1. The Hall–Kier alpha value is -3.30. The minimum Gasteiger partial charge on any atom is -0.481 e. The summed E-state index contributed by atoms with van der Waals surface area (Å²) in [5, 5.41) is 42.4. The molecule has 0 aromatic heterocycles. The van der Waals surface area contributed by atoms with Gasteiger partial charge < -0.3 is 47.8 Å². The Kier molecular flexibility index (Phi) is 14.7. The zero-order chi connectivity index (χ0) is 26.3. The molecule has 0 aliphatic carbocycles. The average molecular weight is 491 g/mol. The van der Waals surface area contributed by atoms with Crippen molar-refractivity contribution in [3.05, 3.63) is 0 Å². The van der Waals surface area contributed by atoms with E-state index in [0.29, 0.717) is 19.4 Å². The van der Waals surface area contributed by atoms with Crippen LogP contribution in [0.15, 0.2) is 0 Å². The fourth-order valence-electron chi connectivity index (χ4n) is 2.72. The lowest BCUT2D eigenvalue weighted by Crippen LogP contribution is -2.57. The highest BCUT2D eigenvalue weighted by atomic mass is 16.4. The lowest BCUT2D eigenvalue weighted by Gasteiger charge is -2.24. The summed E-state index contributed by atoms with van der Waals surface area (Å²) in [6.07, 6.45) is -0.597. The van der Waals surface area contributed by atoms with Gasteiger partial charge in [0.2, 0.25) is 17.7 Å². The molecule has 0 aliphatic rings. The number of hydrogen-bond donors (Lipinski definition) is 9. The Labute approximate surface area is 195 Å². The van der Waals surface area contributed by atoms with E-state index in [1.165, 1.54) is 0 Å². The largest absolute Gasteiger partial charge is 0.481 e. The maximum Gasteiger partial charge on any atom is 0.328 e. The van der Waals surface area contributed by atoms with E-state index in [1.807, 2.05) is 0 Å². The zero-order valence-corrected chi connectivity index (χ0v) is 18.6. The van der Waals surface area contributed by atoms with Crippen molar-refractivity contribution in [2.45, 2.75) is 69.1 Å². The molecule has 0 saturated carbocycles. The molecule has 0 spiro atoms. The van der Waals surface area contributed by atoms with Gasteiger partial charge in [0.05, 0.1) is 12.6 Å². The van der Waals surface area contributed by atoms with Gasteiger partial charge in [0, 0.05) is 12.8 Å². The van der Waals surface area contributed by atoms with Crippen LogP contribution in [0, 0.1) is 0 Å². The molecule has 4 atom stereocenters. The summed E-state index contributed by atoms with van der Waals surface area (Å²) >= 11 is 0. The molecule has 0 rings (SSSR count). The molecule has 0 bridgehead atoms. The third-order valence-corrected chi connectivity index (χ3v) is 4.66. The number of aliphatic hydroxyl groups is 1. The van der Waals surface area contributed by atoms with Crippen LogP contribution in [-0.4, -0.2) is 93.4 Å². The van der Waals surface area contributed by atoms with Crippen LogP contribution >= 0.6 is 0 Å². The first-order valence-electron chi connectivity index (χ1n) is 10.6. The molecule has 15 heteroatoms. The first kappa shape index (κ1) is 30.7. The number of unbranched alkanes of at least 4 members (excludes halogenated alkanes) is 1. The van der Waals surface area contributed by atoms with Gasteiger partial charge in [0.25, 0.3) is 0 Å². The summed E-state index contributed by atoms with van der Waals surface area (Å²) in [4.78, 5) is 70.3. The molecular weight excluding hydrogens is 458 g/mol. The summed E-state index contributed by atoms with van der Waals surface area (Å²) in [6, 6.07) is -5.58. The van der Waals surface area contributed by atoms with Crippen molar-refractivity contribution >= 4 is 35.6 Å². The van der Waals surface area contributed by atoms with Gasteiger partial charge in [0.15, 0.2) is 0 Å². The minimum absolute atomic E-state index is 0.0459. The maximum absolute atomic E-state index is 12.8. The summed E-state index contributed by atoms with van der Waals surface area (Å²) in [5.74, 6) is -6.66. The third-order valence-electron chi connectivity index (χ3n) is 4.66. The van der Waals surface area contributed by atoms with E-state index in [0.717, 1.165) is 0 Å². The minimum atomic E-state index is -1.61. The second-order valence-electron chi connectivity index (χ2n) is 7.46. The fourth-order valence-corrected chi connectivity index (χ4v) is 2.72. The molecule has 11 N–H and O–H groups in total. The van der Waals surface area contributed by atoms with E-state index in [9.17, 15) is 28.8 Å². The first-order valence-corrected chi connectivity index (χ1v) is 10.6. The van der Waals surface area contributed by atoms with E-state index in [2.05, 4.69) is 16.0 Å². The molecule has 0 aromatic carbocycles. The fraction of sp³-hybridized carbons (Fsp3) is 0.684. The Morgan fingerprint density at radius 2 is 1.15 bits per heavy atom. The summed E-state index contributed by atoms with van der Waals surface area (Å²) < 4.78 is 0. The van der Waals surface area contributed by atoms with Crippen molar-refractivity contribution in [1.29, 1.82) is 0 Å². The highest BCUT2D eigenvalue weighted by Gasteiger charge is 2.30. The average Bonchev–Trinajstić information content (AvgIpc) is 2.76. The van der Waals surface area contributed by atoms with Crippen molar-refractivity contribution in [2.75, 3.05) is 13.2 Å². The molecule has 0 radical (unpaired) electrons. The summed E-state index contributed by atoms with van der Waals surface area (Å²) in [6.45, 7) is -0.599. The SMILES string of the molecule is NCCCCC(NC(=O)C(CCC(=O)O)NC(=O)C(N)CCC(=O)O)C(=O)NC(CO)C(=O)O. The topological polar surface area (TPSA) is 271 Å². The molecule has 15 nitrogen and oxygen atoms in total. The predicted octanol–water partition coefficient (Wildman–Crippen LogP) is -3.30. The van der Waals surface area contributed by atoms with Gasteiger partial charge in [-0.15, -0.1) is 0 Å². The number of nitrogens with one attached hydrogen (secondary N) is 3. The summed E-state index contributed by atoms with van der Waals surface area (Å²) in [5.41, 5.74) is 11.0. The molecule has 4 unspecified atom stereocenters. The quantitative estimate of drug-likeness (QED) is 0.0853. The number of hydrogen-bond acceptors (Lipinski definition) is 9. The normalized spacial score (nSPS) is 14.2. The molecule has 0 saturated heterocycles. The van der Waals surface area contributed by atoms with Crippen molar-refractivity contribution in [2.24, 2.45) is 11.5 Å². The third kappa shape index (κ3) is 12.7. The maximum atomic E-state index is 12.8. The van der Waals surface area contributed by atoms with E-state index >= 15 is 0 Å². The lowest BCUT2D eigenvalue weighted by atomic mass is 10.0. The number of aliphatic carboxylic acids is 3. The lowest BCUT2D eigenvalue weighted by molar-refractivity contribution is -0.143. The number of nitrogens with two attached hydrogens (primary N) is 2. The van der Waals surface area contributed by atoms with E-state index in [-0.39, 0.29) is 19.3 Å². The van der Waals surface area contributed by atoms with Crippen molar-refractivity contribution in [3.63, 3.8) is 0 Å². The van der Waals surface area contributed by atoms with Crippen LogP contribution in [0.2, 0.25) is 0 Å². The number of carboxylic acids is 3. The van der Waals surface area contributed by atoms with E-state index in [4.69, 9.17) is 31.9 Å². The van der Waals surface area contributed by atoms with Gasteiger partial charge in [0.1, 0.15) is 18.1 Å². The van der Waals surface area contributed by atoms with E-state index in [1.54, 1.807) is 0 Å². The molecule has 3 amide bonds. The number of rotatable bonds is 18.